The third kappa shape index (κ3) is 9.89. The molecule has 0 saturated carbocycles. The molecule has 0 radical (unpaired) electrons. The van der Waals surface area contributed by atoms with Crippen LogP contribution in [0.2, 0.25) is 0 Å². The molecule has 0 aliphatic carbocycles. The summed E-state index contributed by atoms with van der Waals surface area (Å²) in [4.78, 5) is 17.3. The minimum absolute atomic E-state index is 0.0482. The number of hydrogen-bond acceptors (Lipinski definition) is 5. The van der Waals surface area contributed by atoms with Crippen molar-refractivity contribution >= 4 is 27.4 Å². The highest BCUT2D eigenvalue weighted by Gasteiger charge is 2.31. The molecule has 1 aliphatic rings. The zero-order valence-electron chi connectivity index (χ0n) is 24.2. The second-order valence-electron chi connectivity index (χ2n) is 10.7. The second kappa shape index (κ2) is 14.1. The summed E-state index contributed by atoms with van der Waals surface area (Å²) in [6.07, 6.45) is 0.0446. The highest BCUT2D eigenvalue weighted by Crippen LogP contribution is 2.30. The molecule has 43 heavy (non-hydrogen) atoms. The van der Waals surface area contributed by atoms with Gasteiger partial charge in [-0.15, -0.1) is 0 Å². The summed E-state index contributed by atoms with van der Waals surface area (Å²) in [7, 11) is -3.34. The van der Waals surface area contributed by atoms with E-state index in [0.29, 0.717) is 29.4 Å². The van der Waals surface area contributed by atoms with Crippen LogP contribution >= 0.6 is 0 Å². The van der Waals surface area contributed by atoms with E-state index in [1.54, 1.807) is 24.3 Å². The summed E-state index contributed by atoms with van der Waals surface area (Å²) in [5, 5.41) is 2.78. The number of sulfonamides is 1. The number of likely N-dealkylation sites (tertiary alicyclic amines) is 1. The molecule has 0 unspecified atom stereocenters. The summed E-state index contributed by atoms with van der Waals surface area (Å²) >= 11 is 0. The molecule has 3 aromatic rings. The zero-order chi connectivity index (χ0) is 31.0. The van der Waals surface area contributed by atoms with Crippen molar-refractivity contribution in [3.8, 4) is 11.5 Å². The molecule has 1 heterocycles. The molecule has 0 atom stereocenters. The van der Waals surface area contributed by atoms with Gasteiger partial charge in [-0.3, -0.25) is 9.62 Å². The van der Waals surface area contributed by atoms with E-state index in [1.807, 2.05) is 29.2 Å². The monoisotopic (exact) mass is 618 g/mol. The predicted octanol–water partition coefficient (Wildman–Crippen LogP) is 7.17. The first kappa shape index (κ1) is 32.2. The largest absolute Gasteiger partial charge is 0.457 e. The van der Waals surface area contributed by atoms with Crippen LogP contribution < -0.4 is 14.8 Å². The Hall–Kier alpha value is -3.77. The summed E-state index contributed by atoms with van der Waals surface area (Å²) in [6, 6.07) is 18.7. The predicted molar refractivity (Wildman–Crippen MR) is 162 cm³/mol. The number of anilines is 2. The fraction of sp³-hybridized carbons (Fsp3) is 0.387. The number of ether oxygens (including phenoxy) is 1. The van der Waals surface area contributed by atoms with Crippen molar-refractivity contribution in [1.29, 1.82) is 0 Å². The number of carbonyl (C=O) groups excluding carboxylic acids is 1. The molecular formula is C31H37F3N4O4S. The molecule has 1 fully saturated rings. The fourth-order valence-corrected chi connectivity index (χ4v) is 5.53. The highest BCUT2D eigenvalue weighted by atomic mass is 32.2. The standard InChI is InChI=1S/C31H37F3N4O4S/c1-3-4-19-38(30(39)35-25-9-7-24(8-10-25)31(32,33)34)27-17-20-37(21-18-27)22-23-5-13-28(14-6-23)42-29-15-11-26(12-16-29)36-43(2,40)41/h5-16,27,36H,3-4,17-22H2,1-2H3,(H,35,39). The highest BCUT2D eigenvalue weighted by molar-refractivity contribution is 7.92. The van der Waals surface area contributed by atoms with Gasteiger partial charge in [0.1, 0.15) is 11.5 Å². The van der Waals surface area contributed by atoms with Gasteiger partial charge in [-0.1, -0.05) is 25.5 Å². The SMILES string of the molecule is CCCCN(C(=O)Nc1ccc(C(F)(F)F)cc1)C1CCN(Cc2ccc(Oc3ccc(NS(C)(=O)=O)cc3)cc2)CC1. The Morgan fingerprint density at radius 1 is 0.930 bits per heavy atom. The van der Waals surface area contributed by atoms with Crippen molar-refractivity contribution in [1.82, 2.24) is 9.80 Å². The van der Waals surface area contributed by atoms with E-state index in [2.05, 4.69) is 21.9 Å². The number of urea groups is 1. The molecule has 4 rings (SSSR count). The Kier molecular flexibility index (Phi) is 10.6. The number of unbranched alkanes of at least 4 members (excludes halogenated alkanes) is 1. The molecule has 232 valence electrons. The van der Waals surface area contributed by atoms with Gasteiger partial charge in [0.2, 0.25) is 10.0 Å². The summed E-state index contributed by atoms with van der Waals surface area (Å²) in [5.41, 5.74) is 1.17. The van der Waals surface area contributed by atoms with E-state index in [9.17, 15) is 26.4 Å². The van der Waals surface area contributed by atoms with Crippen LogP contribution in [0.4, 0.5) is 29.3 Å². The molecule has 0 bridgehead atoms. The minimum Gasteiger partial charge on any atom is -0.457 e. The molecule has 2 amide bonds. The quantitative estimate of drug-likeness (QED) is 0.238. The number of nitrogens with one attached hydrogen (secondary N) is 2. The van der Waals surface area contributed by atoms with Crippen molar-refractivity contribution in [3.63, 3.8) is 0 Å². The average Bonchev–Trinajstić information content (AvgIpc) is 2.95. The Balaban J connectivity index is 1.28. The molecule has 12 heteroatoms. The second-order valence-corrected chi connectivity index (χ2v) is 12.5. The number of nitrogens with zero attached hydrogens (tertiary/aromatic N) is 2. The Morgan fingerprint density at radius 2 is 1.49 bits per heavy atom. The first-order valence-electron chi connectivity index (χ1n) is 14.2. The third-order valence-corrected chi connectivity index (χ3v) is 7.80. The lowest BCUT2D eigenvalue weighted by atomic mass is 10.0. The van der Waals surface area contributed by atoms with Gasteiger partial charge in [0, 0.05) is 43.6 Å². The number of carbonyl (C=O) groups is 1. The van der Waals surface area contributed by atoms with Crippen LogP contribution in [0.3, 0.4) is 0 Å². The number of amides is 2. The van der Waals surface area contributed by atoms with Gasteiger partial charge in [0.15, 0.2) is 0 Å². The molecular weight excluding hydrogens is 581 g/mol. The topological polar surface area (TPSA) is 91.0 Å². The summed E-state index contributed by atoms with van der Waals surface area (Å²) in [5.74, 6) is 1.25. The Bertz CT molecular complexity index is 1440. The number of benzene rings is 3. The van der Waals surface area contributed by atoms with Crippen molar-refractivity contribution in [2.75, 3.05) is 35.9 Å². The van der Waals surface area contributed by atoms with Crippen molar-refractivity contribution in [2.24, 2.45) is 0 Å². The van der Waals surface area contributed by atoms with Gasteiger partial charge in [-0.05, 0) is 85.5 Å². The van der Waals surface area contributed by atoms with E-state index >= 15 is 0 Å². The van der Waals surface area contributed by atoms with Gasteiger partial charge < -0.3 is 15.0 Å². The maximum Gasteiger partial charge on any atom is 0.416 e. The third-order valence-electron chi connectivity index (χ3n) is 7.20. The van der Waals surface area contributed by atoms with Gasteiger partial charge in [-0.25, -0.2) is 13.2 Å². The summed E-state index contributed by atoms with van der Waals surface area (Å²) < 4.78 is 69.7. The number of halogens is 3. The number of piperidine rings is 1. The lowest BCUT2D eigenvalue weighted by Crippen LogP contribution is -2.49. The van der Waals surface area contributed by atoms with E-state index < -0.39 is 21.8 Å². The number of rotatable bonds is 11. The molecule has 1 aliphatic heterocycles. The first-order chi connectivity index (χ1) is 20.4. The van der Waals surface area contributed by atoms with Gasteiger partial charge in [0.05, 0.1) is 11.8 Å². The summed E-state index contributed by atoms with van der Waals surface area (Å²) in [6.45, 7) is 5.03. The van der Waals surface area contributed by atoms with Crippen LogP contribution in [-0.4, -0.2) is 56.2 Å². The molecule has 8 nitrogen and oxygen atoms in total. The van der Waals surface area contributed by atoms with Crippen LogP contribution in [0.5, 0.6) is 11.5 Å². The Morgan fingerprint density at radius 3 is 2.02 bits per heavy atom. The molecule has 1 saturated heterocycles. The smallest absolute Gasteiger partial charge is 0.416 e. The molecule has 2 N–H and O–H groups in total. The van der Waals surface area contributed by atoms with Crippen LogP contribution in [0.25, 0.3) is 0 Å². The minimum atomic E-state index is -4.42. The number of alkyl halides is 3. The van der Waals surface area contributed by atoms with Gasteiger partial charge in [-0.2, -0.15) is 13.2 Å². The maximum atomic E-state index is 13.1. The lowest BCUT2D eigenvalue weighted by Gasteiger charge is -2.38. The lowest BCUT2D eigenvalue weighted by molar-refractivity contribution is -0.137. The average molecular weight is 619 g/mol. The first-order valence-corrected chi connectivity index (χ1v) is 16.1. The molecule has 0 aromatic heterocycles. The van der Waals surface area contributed by atoms with Crippen molar-refractivity contribution < 1.29 is 31.1 Å². The van der Waals surface area contributed by atoms with Crippen molar-refractivity contribution in [2.45, 2.75) is 51.4 Å². The molecule has 3 aromatic carbocycles. The van der Waals surface area contributed by atoms with Crippen molar-refractivity contribution in [3.05, 3.63) is 83.9 Å². The van der Waals surface area contributed by atoms with Gasteiger partial charge >= 0.3 is 12.2 Å². The number of hydrogen-bond donors (Lipinski definition) is 2. The van der Waals surface area contributed by atoms with E-state index in [4.69, 9.17) is 4.74 Å². The maximum absolute atomic E-state index is 13.1. The van der Waals surface area contributed by atoms with E-state index in [-0.39, 0.29) is 12.1 Å². The van der Waals surface area contributed by atoms with Crippen LogP contribution in [0.1, 0.15) is 43.7 Å². The van der Waals surface area contributed by atoms with Crippen LogP contribution in [0.15, 0.2) is 72.8 Å². The molecule has 0 spiro atoms. The fourth-order valence-electron chi connectivity index (χ4n) is 4.97. The normalized spacial score (nSPS) is 14.7. The zero-order valence-corrected chi connectivity index (χ0v) is 25.0. The van der Waals surface area contributed by atoms with Crippen LogP contribution in [0, 0.1) is 0 Å². The van der Waals surface area contributed by atoms with E-state index in [1.165, 1.54) is 12.1 Å². The van der Waals surface area contributed by atoms with Gasteiger partial charge in [0.25, 0.3) is 0 Å². The van der Waals surface area contributed by atoms with Crippen LogP contribution in [-0.2, 0) is 22.7 Å². The van der Waals surface area contributed by atoms with E-state index in [0.717, 1.165) is 69.3 Å². The Labute approximate surface area is 250 Å².